The Balaban J connectivity index is 1.60. The zero-order valence-electron chi connectivity index (χ0n) is 15.6. The Kier molecular flexibility index (Phi) is 4.60. The Morgan fingerprint density at radius 3 is 2.54 bits per heavy atom. The normalized spacial score (nSPS) is 11.7. The third kappa shape index (κ3) is 3.36. The van der Waals surface area contributed by atoms with E-state index in [4.69, 9.17) is 4.74 Å². The van der Waals surface area contributed by atoms with Crippen LogP contribution >= 0.6 is 11.3 Å². The largest absolute Gasteiger partial charge is 0.496 e. The molecule has 6 nitrogen and oxygen atoms in total. The second-order valence-corrected chi connectivity index (χ2v) is 9.01. The number of ether oxygens (including phenoxy) is 1. The van der Waals surface area contributed by atoms with E-state index in [0.717, 1.165) is 21.8 Å². The Hall–Kier alpha value is -2.84. The summed E-state index contributed by atoms with van der Waals surface area (Å²) in [5.41, 5.74) is 3.67. The highest BCUT2D eigenvalue weighted by atomic mass is 32.2. The molecule has 0 aliphatic carbocycles. The molecule has 0 fully saturated rings. The van der Waals surface area contributed by atoms with Crippen molar-refractivity contribution in [1.82, 2.24) is 9.38 Å². The predicted molar refractivity (Wildman–Crippen MR) is 112 cm³/mol. The SMILES string of the molecule is COc1cc(C)c(S(=O)(=O)Nc2ccc(-c3cn4ccsc4n3)cc2)cc1C. The number of imidazole rings is 1. The van der Waals surface area contributed by atoms with Crippen molar-refractivity contribution in [2.45, 2.75) is 18.7 Å². The van der Waals surface area contributed by atoms with E-state index >= 15 is 0 Å². The smallest absolute Gasteiger partial charge is 0.262 e. The molecular weight excluding hydrogens is 394 g/mol. The van der Waals surface area contributed by atoms with Crippen molar-refractivity contribution in [3.8, 4) is 17.0 Å². The average molecular weight is 414 g/mol. The Morgan fingerprint density at radius 2 is 1.86 bits per heavy atom. The Morgan fingerprint density at radius 1 is 1.11 bits per heavy atom. The fourth-order valence-electron chi connectivity index (χ4n) is 3.06. The number of nitrogens with zero attached hydrogens (tertiary/aromatic N) is 2. The van der Waals surface area contributed by atoms with E-state index in [1.54, 1.807) is 49.6 Å². The maximum absolute atomic E-state index is 12.8. The Bertz CT molecular complexity index is 1230. The van der Waals surface area contributed by atoms with Gasteiger partial charge >= 0.3 is 0 Å². The number of aryl methyl sites for hydroxylation is 2. The molecule has 2 aromatic carbocycles. The minimum Gasteiger partial charge on any atom is -0.496 e. The maximum Gasteiger partial charge on any atom is 0.262 e. The third-order valence-electron chi connectivity index (χ3n) is 4.51. The number of methoxy groups -OCH3 is 1. The second-order valence-electron chi connectivity index (χ2n) is 6.49. The number of hydrogen-bond donors (Lipinski definition) is 1. The summed E-state index contributed by atoms with van der Waals surface area (Å²) in [5, 5.41) is 1.98. The van der Waals surface area contributed by atoms with Gasteiger partial charge in [0, 0.05) is 29.0 Å². The molecule has 0 aliphatic rings. The average Bonchev–Trinajstić information content (AvgIpc) is 3.25. The highest BCUT2D eigenvalue weighted by molar-refractivity contribution is 7.92. The molecule has 0 unspecified atom stereocenters. The van der Waals surface area contributed by atoms with E-state index in [1.807, 2.05) is 41.2 Å². The van der Waals surface area contributed by atoms with Crippen molar-refractivity contribution < 1.29 is 13.2 Å². The van der Waals surface area contributed by atoms with Crippen LogP contribution < -0.4 is 9.46 Å². The van der Waals surface area contributed by atoms with Gasteiger partial charge in [0.05, 0.1) is 17.7 Å². The molecule has 0 saturated heterocycles. The fraction of sp³-hybridized carbons (Fsp3) is 0.150. The molecule has 4 rings (SSSR count). The van der Waals surface area contributed by atoms with Gasteiger partial charge in [0.15, 0.2) is 4.96 Å². The van der Waals surface area contributed by atoms with E-state index in [1.165, 1.54) is 0 Å². The molecule has 4 aromatic rings. The van der Waals surface area contributed by atoms with Gasteiger partial charge in [-0.15, -0.1) is 11.3 Å². The topological polar surface area (TPSA) is 72.7 Å². The number of aromatic nitrogens is 2. The summed E-state index contributed by atoms with van der Waals surface area (Å²) in [7, 11) is -2.14. The summed E-state index contributed by atoms with van der Waals surface area (Å²) < 4.78 is 35.6. The number of fused-ring (bicyclic) bond motifs is 1. The van der Waals surface area contributed by atoms with Crippen molar-refractivity contribution in [1.29, 1.82) is 0 Å². The number of thiazole rings is 1. The molecular formula is C20H19N3O3S2. The highest BCUT2D eigenvalue weighted by Crippen LogP contribution is 2.28. The van der Waals surface area contributed by atoms with Crippen LogP contribution in [0.25, 0.3) is 16.2 Å². The minimum absolute atomic E-state index is 0.240. The zero-order valence-corrected chi connectivity index (χ0v) is 17.3. The van der Waals surface area contributed by atoms with Gasteiger partial charge in [-0.05, 0) is 49.2 Å². The van der Waals surface area contributed by atoms with Crippen LogP contribution in [-0.2, 0) is 10.0 Å². The molecule has 2 aromatic heterocycles. The lowest BCUT2D eigenvalue weighted by atomic mass is 10.1. The number of anilines is 1. The van der Waals surface area contributed by atoms with Gasteiger partial charge in [0.2, 0.25) is 0 Å². The molecule has 2 heterocycles. The quantitative estimate of drug-likeness (QED) is 0.523. The number of nitrogens with one attached hydrogen (secondary N) is 1. The van der Waals surface area contributed by atoms with Crippen molar-refractivity contribution in [3.05, 3.63) is 65.3 Å². The number of rotatable bonds is 5. The minimum atomic E-state index is -3.70. The molecule has 0 radical (unpaired) electrons. The first-order valence-electron chi connectivity index (χ1n) is 8.58. The van der Waals surface area contributed by atoms with Gasteiger partial charge < -0.3 is 4.74 Å². The standard InChI is InChI=1S/C20H19N3O3S2/c1-13-11-19(14(2)10-18(13)26-3)28(24,25)22-16-6-4-15(5-7-16)17-12-23-8-9-27-20(23)21-17/h4-12,22H,1-3H3. The summed E-state index contributed by atoms with van der Waals surface area (Å²) in [4.78, 5) is 5.72. The number of hydrogen-bond acceptors (Lipinski definition) is 5. The van der Waals surface area contributed by atoms with Gasteiger partial charge in [-0.3, -0.25) is 9.12 Å². The molecule has 1 N–H and O–H groups in total. The molecule has 0 bridgehead atoms. The van der Waals surface area contributed by atoms with Crippen LogP contribution in [-0.4, -0.2) is 24.9 Å². The van der Waals surface area contributed by atoms with Crippen LogP contribution in [0.3, 0.4) is 0 Å². The first-order chi connectivity index (χ1) is 13.4. The lowest BCUT2D eigenvalue weighted by Gasteiger charge is -2.13. The van der Waals surface area contributed by atoms with E-state index in [0.29, 0.717) is 17.0 Å². The van der Waals surface area contributed by atoms with E-state index in [2.05, 4.69) is 9.71 Å². The number of benzene rings is 2. The molecule has 8 heteroatoms. The van der Waals surface area contributed by atoms with E-state index in [9.17, 15) is 8.42 Å². The van der Waals surface area contributed by atoms with E-state index < -0.39 is 10.0 Å². The summed E-state index contributed by atoms with van der Waals surface area (Å²) in [6.07, 6.45) is 3.91. The first-order valence-corrected chi connectivity index (χ1v) is 10.9. The van der Waals surface area contributed by atoms with Crippen molar-refractivity contribution in [2.75, 3.05) is 11.8 Å². The zero-order chi connectivity index (χ0) is 19.9. The summed E-state index contributed by atoms with van der Waals surface area (Å²) >= 11 is 1.57. The van der Waals surface area contributed by atoms with E-state index in [-0.39, 0.29) is 4.90 Å². The maximum atomic E-state index is 12.8. The van der Waals surface area contributed by atoms with Crippen molar-refractivity contribution >= 4 is 32.0 Å². The summed E-state index contributed by atoms with van der Waals surface area (Å²) in [5.74, 6) is 0.667. The van der Waals surface area contributed by atoms with Crippen LogP contribution in [0.4, 0.5) is 5.69 Å². The molecule has 0 spiro atoms. The second kappa shape index (κ2) is 6.96. The van der Waals surface area contributed by atoms with Gasteiger partial charge in [0.25, 0.3) is 10.0 Å². The predicted octanol–water partition coefficient (Wildman–Crippen LogP) is 4.49. The number of sulfonamides is 1. The Labute approximate surface area is 167 Å². The first kappa shape index (κ1) is 18.5. The third-order valence-corrected chi connectivity index (χ3v) is 6.80. The van der Waals surface area contributed by atoms with Crippen molar-refractivity contribution in [3.63, 3.8) is 0 Å². The van der Waals surface area contributed by atoms with Crippen LogP contribution in [0.15, 0.2) is 59.1 Å². The van der Waals surface area contributed by atoms with Gasteiger partial charge in [-0.2, -0.15) is 0 Å². The molecule has 0 amide bonds. The van der Waals surface area contributed by atoms with Crippen LogP contribution in [0.2, 0.25) is 0 Å². The molecule has 0 aliphatic heterocycles. The van der Waals surface area contributed by atoms with Gasteiger partial charge in [-0.1, -0.05) is 12.1 Å². The van der Waals surface area contributed by atoms with Gasteiger partial charge in [0.1, 0.15) is 5.75 Å². The molecule has 0 saturated carbocycles. The van der Waals surface area contributed by atoms with Crippen LogP contribution in [0.5, 0.6) is 5.75 Å². The fourth-order valence-corrected chi connectivity index (χ4v) is 5.13. The van der Waals surface area contributed by atoms with Crippen LogP contribution in [0, 0.1) is 13.8 Å². The monoisotopic (exact) mass is 413 g/mol. The molecule has 144 valence electrons. The highest BCUT2D eigenvalue weighted by Gasteiger charge is 2.19. The van der Waals surface area contributed by atoms with Crippen molar-refractivity contribution in [2.24, 2.45) is 0 Å². The summed E-state index contributed by atoms with van der Waals surface area (Å²) in [6.45, 7) is 3.58. The molecule has 0 atom stereocenters. The van der Waals surface area contributed by atoms with Gasteiger partial charge in [-0.25, -0.2) is 13.4 Å². The molecule has 28 heavy (non-hydrogen) atoms. The lowest BCUT2D eigenvalue weighted by molar-refractivity contribution is 0.411. The van der Waals surface area contributed by atoms with Crippen LogP contribution in [0.1, 0.15) is 11.1 Å². The lowest BCUT2D eigenvalue weighted by Crippen LogP contribution is -2.14. The summed E-state index contributed by atoms with van der Waals surface area (Å²) in [6, 6.07) is 10.6.